The number of aromatic nitrogens is 2. The van der Waals surface area contributed by atoms with Crippen molar-refractivity contribution in [2.75, 3.05) is 37.6 Å². The number of hydrogen-bond acceptors (Lipinski definition) is 5. The average molecular weight is 446 g/mol. The summed E-state index contributed by atoms with van der Waals surface area (Å²) in [5.74, 6) is 0.498. The van der Waals surface area contributed by atoms with Crippen LogP contribution in [0, 0.1) is 5.82 Å². The van der Waals surface area contributed by atoms with Crippen LogP contribution < -0.4 is 4.90 Å². The van der Waals surface area contributed by atoms with Gasteiger partial charge in [0.15, 0.2) is 0 Å². The van der Waals surface area contributed by atoms with Crippen molar-refractivity contribution in [1.82, 2.24) is 14.9 Å². The highest BCUT2D eigenvalue weighted by Gasteiger charge is 2.19. The molecule has 1 unspecified atom stereocenters. The molecule has 0 amide bonds. The van der Waals surface area contributed by atoms with Crippen LogP contribution in [-0.4, -0.2) is 52.7 Å². The summed E-state index contributed by atoms with van der Waals surface area (Å²) in [6.07, 6.45) is 4.60. The molecule has 0 bridgehead atoms. The van der Waals surface area contributed by atoms with Crippen LogP contribution in [0.25, 0.3) is 0 Å². The number of anilines is 1. The molecule has 2 aromatic rings. The minimum absolute atomic E-state index is 0. The van der Waals surface area contributed by atoms with Gasteiger partial charge in [-0.05, 0) is 53.0 Å². The number of benzene rings is 1. The van der Waals surface area contributed by atoms with Crippen molar-refractivity contribution in [3.63, 3.8) is 0 Å². The summed E-state index contributed by atoms with van der Waals surface area (Å²) in [4.78, 5) is 13.3. The maximum Gasteiger partial charge on any atom is 0.225 e. The summed E-state index contributed by atoms with van der Waals surface area (Å²) in [6.45, 7) is 4.69. The first kappa shape index (κ1) is 21.0. The molecule has 1 aromatic carbocycles. The first-order valence-electron chi connectivity index (χ1n) is 8.50. The van der Waals surface area contributed by atoms with Gasteiger partial charge in [0, 0.05) is 38.6 Å². The second kappa shape index (κ2) is 10.2. The molecule has 0 aliphatic carbocycles. The van der Waals surface area contributed by atoms with Crippen molar-refractivity contribution < 1.29 is 9.50 Å². The predicted molar refractivity (Wildman–Crippen MR) is 106 cm³/mol. The zero-order chi connectivity index (χ0) is 17.6. The van der Waals surface area contributed by atoms with E-state index in [-0.39, 0.29) is 18.2 Å². The Labute approximate surface area is 167 Å². The number of halogens is 3. The predicted octanol–water partition coefficient (Wildman–Crippen LogP) is 3.44. The zero-order valence-electron chi connectivity index (χ0n) is 14.4. The molecular weight excluding hydrogens is 423 g/mol. The van der Waals surface area contributed by atoms with Crippen molar-refractivity contribution in [3.8, 4) is 0 Å². The van der Waals surface area contributed by atoms with E-state index in [4.69, 9.17) is 0 Å². The second-order valence-electron chi connectivity index (χ2n) is 6.24. The van der Waals surface area contributed by atoms with Gasteiger partial charge in [0.25, 0.3) is 0 Å². The maximum atomic E-state index is 12.9. The quantitative estimate of drug-likeness (QED) is 0.738. The molecular formula is C18H23BrClFN4O. The van der Waals surface area contributed by atoms with Crippen molar-refractivity contribution in [1.29, 1.82) is 0 Å². The van der Waals surface area contributed by atoms with Gasteiger partial charge in [-0.15, -0.1) is 12.4 Å². The summed E-state index contributed by atoms with van der Waals surface area (Å²) in [6, 6.07) is 6.08. The molecule has 1 atom stereocenters. The lowest BCUT2D eigenvalue weighted by molar-refractivity contribution is 0.154. The first-order chi connectivity index (χ1) is 12.1. The van der Waals surface area contributed by atoms with Crippen LogP contribution in [0.2, 0.25) is 0 Å². The lowest BCUT2D eigenvalue weighted by atomic mass is 10.0. The fourth-order valence-electron chi connectivity index (χ4n) is 3.00. The van der Waals surface area contributed by atoms with Crippen LogP contribution in [0.3, 0.4) is 0 Å². The number of nitrogens with zero attached hydrogens (tertiary/aromatic N) is 4. The average Bonchev–Trinajstić information content (AvgIpc) is 2.63. The zero-order valence-corrected chi connectivity index (χ0v) is 16.8. The Morgan fingerprint density at radius 3 is 2.31 bits per heavy atom. The molecule has 1 N–H and O–H groups in total. The highest BCUT2D eigenvalue weighted by atomic mass is 79.9. The van der Waals surface area contributed by atoms with Crippen molar-refractivity contribution in [2.45, 2.75) is 18.9 Å². The Hall–Kier alpha value is -1.28. The fourth-order valence-corrected chi connectivity index (χ4v) is 3.20. The number of hydrogen-bond donors (Lipinski definition) is 1. The van der Waals surface area contributed by atoms with E-state index in [1.165, 1.54) is 12.1 Å². The Bertz CT molecular complexity index is 666. The van der Waals surface area contributed by atoms with Gasteiger partial charge in [0.05, 0.1) is 10.6 Å². The van der Waals surface area contributed by atoms with Gasteiger partial charge in [0.1, 0.15) is 5.82 Å². The number of aliphatic hydroxyl groups excluding tert-OH is 1. The third-order valence-corrected chi connectivity index (χ3v) is 4.88. The fraction of sp³-hybridized carbons (Fsp3) is 0.444. The Morgan fingerprint density at radius 2 is 1.69 bits per heavy atom. The minimum atomic E-state index is -0.530. The summed E-state index contributed by atoms with van der Waals surface area (Å²) < 4.78 is 13.8. The molecule has 1 saturated heterocycles. The third kappa shape index (κ3) is 5.87. The van der Waals surface area contributed by atoms with Crippen molar-refractivity contribution in [3.05, 3.63) is 52.5 Å². The highest BCUT2D eigenvalue weighted by molar-refractivity contribution is 9.10. The minimum Gasteiger partial charge on any atom is -0.388 e. The molecule has 0 saturated carbocycles. The summed E-state index contributed by atoms with van der Waals surface area (Å²) in [5, 5.41) is 10.2. The first-order valence-corrected chi connectivity index (χ1v) is 9.29. The topological polar surface area (TPSA) is 52.5 Å². The third-order valence-electron chi connectivity index (χ3n) is 4.47. The van der Waals surface area contributed by atoms with Gasteiger partial charge < -0.3 is 10.0 Å². The van der Waals surface area contributed by atoms with Crippen LogP contribution in [0.15, 0.2) is 41.1 Å². The molecule has 1 aromatic heterocycles. The number of piperazine rings is 1. The van der Waals surface area contributed by atoms with Crippen LogP contribution in [0.5, 0.6) is 0 Å². The lowest BCUT2D eigenvalue weighted by Gasteiger charge is -2.34. The smallest absolute Gasteiger partial charge is 0.225 e. The molecule has 8 heteroatoms. The highest BCUT2D eigenvalue weighted by Crippen LogP contribution is 2.19. The van der Waals surface area contributed by atoms with E-state index in [1.807, 2.05) is 0 Å². The molecule has 1 aliphatic heterocycles. The summed E-state index contributed by atoms with van der Waals surface area (Å²) >= 11 is 3.35. The molecule has 1 fully saturated rings. The molecule has 0 spiro atoms. The van der Waals surface area contributed by atoms with Gasteiger partial charge in [-0.1, -0.05) is 12.1 Å². The standard InChI is InChI=1S/C18H22BrFN4O.ClH/c19-15-12-21-18(22-13-15)24-10-8-23(9-11-24)7-1-2-17(25)14-3-5-16(20)6-4-14;/h3-6,12-13,17,25H,1-2,7-11H2;1H. The Morgan fingerprint density at radius 1 is 1.08 bits per heavy atom. The molecule has 3 rings (SSSR count). The van der Waals surface area contributed by atoms with Crippen molar-refractivity contribution in [2.24, 2.45) is 0 Å². The number of rotatable bonds is 6. The van der Waals surface area contributed by atoms with Gasteiger partial charge in [-0.3, -0.25) is 4.90 Å². The molecule has 0 radical (unpaired) electrons. The van der Waals surface area contributed by atoms with Crippen LogP contribution in [0.4, 0.5) is 10.3 Å². The molecule has 26 heavy (non-hydrogen) atoms. The van der Waals surface area contributed by atoms with E-state index in [1.54, 1.807) is 24.5 Å². The van der Waals surface area contributed by atoms with Gasteiger partial charge in [-0.2, -0.15) is 0 Å². The maximum absolute atomic E-state index is 12.9. The van der Waals surface area contributed by atoms with E-state index in [0.717, 1.165) is 55.1 Å². The Balaban J connectivity index is 0.00000243. The summed E-state index contributed by atoms with van der Waals surface area (Å²) in [5.41, 5.74) is 0.776. The van der Waals surface area contributed by atoms with E-state index in [2.05, 4.69) is 35.7 Å². The molecule has 5 nitrogen and oxygen atoms in total. The Kier molecular flexibility index (Phi) is 8.21. The van der Waals surface area contributed by atoms with Crippen LogP contribution >= 0.6 is 28.3 Å². The molecule has 1 aliphatic rings. The van der Waals surface area contributed by atoms with E-state index < -0.39 is 6.10 Å². The van der Waals surface area contributed by atoms with E-state index in [0.29, 0.717) is 6.42 Å². The SMILES string of the molecule is Cl.OC(CCCN1CCN(c2ncc(Br)cn2)CC1)c1ccc(F)cc1. The largest absolute Gasteiger partial charge is 0.388 e. The normalized spacial score (nSPS) is 16.2. The monoisotopic (exact) mass is 444 g/mol. The lowest BCUT2D eigenvalue weighted by Crippen LogP contribution is -2.47. The summed E-state index contributed by atoms with van der Waals surface area (Å²) in [7, 11) is 0. The van der Waals surface area contributed by atoms with E-state index >= 15 is 0 Å². The van der Waals surface area contributed by atoms with E-state index in [9.17, 15) is 9.50 Å². The molecule has 142 valence electrons. The second-order valence-corrected chi connectivity index (χ2v) is 7.16. The number of aliphatic hydroxyl groups is 1. The van der Waals surface area contributed by atoms with Crippen LogP contribution in [-0.2, 0) is 0 Å². The van der Waals surface area contributed by atoms with Gasteiger partial charge >= 0.3 is 0 Å². The van der Waals surface area contributed by atoms with Crippen LogP contribution in [0.1, 0.15) is 24.5 Å². The van der Waals surface area contributed by atoms with Gasteiger partial charge in [0.2, 0.25) is 5.95 Å². The van der Waals surface area contributed by atoms with Gasteiger partial charge in [-0.25, -0.2) is 14.4 Å². The molecule has 2 heterocycles. The van der Waals surface area contributed by atoms with Crippen molar-refractivity contribution >= 4 is 34.3 Å².